The summed E-state index contributed by atoms with van der Waals surface area (Å²) >= 11 is 0. The zero-order chi connectivity index (χ0) is 14.2. The van der Waals surface area contributed by atoms with Gasteiger partial charge in [-0.25, -0.2) is 0 Å². The first kappa shape index (κ1) is 18.7. The minimum Gasteiger partial charge on any atom is -0.103 e. The summed E-state index contributed by atoms with van der Waals surface area (Å²) in [4.78, 5) is 0. The molecule has 0 saturated heterocycles. The normalized spacial score (nSPS) is 12.5. The Morgan fingerprint density at radius 3 is 1.74 bits per heavy atom. The summed E-state index contributed by atoms with van der Waals surface area (Å²) in [5.41, 5.74) is 0. The molecule has 0 fully saturated rings. The van der Waals surface area contributed by atoms with Gasteiger partial charge >= 0.3 is 0 Å². The van der Waals surface area contributed by atoms with Gasteiger partial charge in [0.1, 0.15) is 0 Å². The second-order valence-corrected chi connectivity index (χ2v) is 6.30. The molecule has 0 aromatic heterocycles. The monoisotopic (exact) mass is 266 g/mol. The molecule has 1 unspecified atom stereocenters. The lowest BCUT2D eigenvalue weighted by molar-refractivity contribution is 0.432. The van der Waals surface area contributed by atoms with Crippen LogP contribution >= 0.6 is 0 Å². The van der Waals surface area contributed by atoms with Crippen LogP contribution in [0.15, 0.2) is 12.7 Å². The summed E-state index contributed by atoms with van der Waals surface area (Å²) in [7, 11) is 0. The molecule has 0 N–H and O–H groups in total. The van der Waals surface area contributed by atoms with Crippen molar-refractivity contribution < 1.29 is 0 Å². The van der Waals surface area contributed by atoms with Gasteiger partial charge in [0.05, 0.1) is 0 Å². The van der Waals surface area contributed by atoms with Crippen molar-refractivity contribution in [3.63, 3.8) is 0 Å². The van der Waals surface area contributed by atoms with Crippen molar-refractivity contribution in [3.05, 3.63) is 12.7 Å². The molecule has 114 valence electrons. The topological polar surface area (TPSA) is 0 Å². The summed E-state index contributed by atoms with van der Waals surface area (Å²) in [5, 5.41) is 0. The van der Waals surface area contributed by atoms with Gasteiger partial charge in [0.2, 0.25) is 0 Å². The lowest BCUT2D eigenvalue weighted by Gasteiger charge is -2.11. The molecule has 0 radical (unpaired) electrons. The molecule has 19 heavy (non-hydrogen) atoms. The molecule has 0 rings (SSSR count). The van der Waals surface area contributed by atoms with Crippen LogP contribution in [0, 0.1) is 5.92 Å². The number of unbranched alkanes of at least 4 members (excludes halogenated alkanes) is 10. The van der Waals surface area contributed by atoms with Crippen LogP contribution in [-0.2, 0) is 0 Å². The summed E-state index contributed by atoms with van der Waals surface area (Å²) < 4.78 is 0. The smallest absolute Gasteiger partial charge is 0.0353 e. The van der Waals surface area contributed by atoms with Gasteiger partial charge in [0, 0.05) is 0 Å². The highest BCUT2D eigenvalue weighted by molar-refractivity contribution is 4.65. The summed E-state index contributed by atoms with van der Waals surface area (Å²) in [6.45, 7) is 8.51. The summed E-state index contributed by atoms with van der Waals surface area (Å²) in [5.74, 6) is 0.958. The van der Waals surface area contributed by atoms with E-state index in [0.29, 0.717) is 0 Å². The van der Waals surface area contributed by atoms with E-state index in [0.717, 1.165) is 5.92 Å². The third-order valence-electron chi connectivity index (χ3n) is 4.16. The highest BCUT2D eigenvalue weighted by Gasteiger charge is 2.01. The second-order valence-electron chi connectivity index (χ2n) is 6.30. The van der Waals surface area contributed by atoms with Crippen molar-refractivity contribution >= 4 is 0 Å². The molecule has 0 heterocycles. The van der Waals surface area contributed by atoms with E-state index in [4.69, 9.17) is 0 Å². The maximum absolute atomic E-state index is 3.77. The Labute approximate surface area is 123 Å². The largest absolute Gasteiger partial charge is 0.103 e. The minimum atomic E-state index is 0.958. The van der Waals surface area contributed by atoms with Crippen molar-refractivity contribution in [2.45, 2.75) is 104 Å². The fraction of sp³-hybridized carbons (Fsp3) is 0.895. The molecule has 0 aromatic rings. The molecule has 0 aliphatic heterocycles. The first-order valence-corrected chi connectivity index (χ1v) is 8.92. The van der Waals surface area contributed by atoms with Crippen LogP contribution in [0.3, 0.4) is 0 Å². The van der Waals surface area contributed by atoms with Crippen LogP contribution in [0.4, 0.5) is 0 Å². The van der Waals surface area contributed by atoms with Crippen LogP contribution < -0.4 is 0 Å². The second kappa shape index (κ2) is 15.8. The number of hydrogen-bond acceptors (Lipinski definition) is 0. The van der Waals surface area contributed by atoms with E-state index in [9.17, 15) is 0 Å². The van der Waals surface area contributed by atoms with E-state index >= 15 is 0 Å². The first-order chi connectivity index (χ1) is 9.31. The zero-order valence-electron chi connectivity index (χ0n) is 13.8. The van der Waals surface area contributed by atoms with E-state index in [1.807, 2.05) is 6.08 Å². The SMILES string of the molecule is C=CCCCCCCCC(C)CCCCCCCC. The van der Waals surface area contributed by atoms with E-state index in [1.165, 1.54) is 89.9 Å². The van der Waals surface area contributed by atoms with Gasteiger partial charge in [-0.05, 0) is 18.8 Å². The maximum Gasteiger partial charge on any atom is -0.0353 e. The van der Waals surface area contributed by atoms with Crippen LogP contribution in [0.25, 0.3) is 0 Å². The molecule has 0 heteroatoms. The average molecular weight is 267 g/mol. The van der Waals surface area contributed by atoms with Gasteiger partial charge in [0.25, 0.3) is 0 Å². The quantitative estimate of drug-likeness (QED) is 0.216. The van der Waals surface area contributed by atoms with Crippen LogP contribution in [0.5, 0.6) is 0 Å². The van der Waals surface area contributed by atoms with Crippen LogP contribution in [0.2, 0.25) is 0 Å². The zero-order valence-corrected chi connectivity index (χ0v) is 13.8. The van der Waals surface area contributed by atoms with Gasteiger partial charge in [-0.1, -0.05) is 97.0 Å². The van der Waals surface area contributed by atoms with E-state index < -0.39 is 0 Å². The van der Waals surface area contributed by atoms with E-state index in [2.05, 4.69) is 20.4 Å². The van der Waals surface area contributed by atoms with Crippen molar-refractivity contribution in [1.82, 2.24) is 0 Å². The molecular formula is C19H38. The van der Waals surface area contributed by atoms with Gasteiger partial charge in [-0.15, -0.1) is 6.58 Å². The van der Waals surface area contributed by atoms with Gasteiger partial charge in [0.15, 0.2) is 0 Å². The third kappa shape index (κ3) is 15.7. The van der Waals surface area contributed by atoms with Gasteiger partial charge in [-0.3, -0.25) is 0 Å². The lowest BCUT2D eigenvalue weighted by Crippen LogP contribution is -1.95. The fourth-order valence-corrected chi connectivity index (χ4v) is 2.73. The van der Waals surface area contributed by atoms with E-state index in [1.54, 1.807) is 0 Å². The van der Waals surface area contributed by atoms with E-state index in [-0.39, 0.29) is 0 Å². The molecule has 0 saturated carbocycles. The molecule has 0 bridgehead atoms. The van der Waals surface area contributed by atoms with Crippen molar-refractivity contribution in [3.8, 4) is 0 Å². The molecular weight excluding hydrogens is 228 g/mol. The summed E-state index contributed by atoms with van der Waals surface area (Å²) in [6, 6.07) is 0. The van der Waals surface area contributed by atoms with Crippen molar-refractivity contribution in [2.75, 3.05) is 0 Å². The Hall–Kier alpha value is -0.260. The van der Waals surface area contributed by atoms with Gasteiger partial charge < -0.3 is 0 Å². The first-order valence-electron chi connectivity index (χ1n) is 8.92. The molecule has 0 aliphatic carbocycles. The molecule has 1 atom stereocenters. The molecule has 0 spiro atoms. The average Bonchev–Trinajstić information content (AvgIpc) is 2.41. The lowest BCUT2D eigenvalue weighted by atomic mass is 9.96. The Kier molecular flexibility index (Phi) is 15.6. The maximum atomic E-state index is 3.77. The van der Waals surface area contributed by atoms with Crippen LogP contribution in [0.1, 0.15) is 104 Å². The van der Waals surface area contributed by atoms with Gasteiger partial charge in [-0.2, -0.15) is 0 Å². The fourth-order valence-electron chi connectivity index (χ4n) is 2.73. The number of allylic oxidation sites excluding steroid dienone is 1. The van der Waals surface area contributed by atoms with Crippen molar-refractivity contribution in [1.29, 1.82) is 0 Å². The minimum absolute atomic E-state index is 0.958. The molecule has 0 aliphatic rings. The third-order valence-corrected chi connectivity index (χ3v) is 4.16. The Balaban J connectivity index is 3.12. The predicted molar refractivity (Wildman–Crippen MR) is 89.7 cm³/mol. The van der Waals surface area contributed by atoms with Crippen molar-refractivity contribution in [2.24, 2.45) is 5.92 Å². The number of hydrogen-bond donors (Lipinski definition) is 0. The molecule has 0 aromatic carbocycles. The Morgan fingerprint density at radius 1 is 0.737 bits per heavy atom. The predicted octanol–water partition coefficient (Wildman–Crippen LogP) is 7.29. The Bertz CT molecular complexity index is 171. The summed E-state index contributed by atoms with van der Waals surface area (Å²) in [6.07, 6.45) is 21.9. The molecule has 0 nitrogen and oxygen atoms in total. The highest BCUT2D eigenvalue weighted by atomic mass is 14.1. The van der Waals surface area contributed by atoms with Crippen LogP contribution in [-0.4, -0.2) is 0 Å². The molecule has 0 amide bonds. The number of rotatable bonds is 15. The standard InChI is InChI=1S/C19H38/c1-4-6-8-10-12-14-16-18-19(3)17-15-13-11-9-7-5-2/h4,19H,1,5-18H2,2-3H3. The highest BCUT2D eigenvalue weighted by Crippen LogP contribution is 2.18. The Morgan fingerprint density at radius 2 is 1.21 bits per heavy atom.